The number of benzene rings is 3. The summed E-state index contributed by atoms with van der Waals surface area (Å²) in [4.78, 5) is 1.20. The Morgan fingerprint density at radius 3 is 2.36 bits per heavy atom. The summed E-state index contributed by atoms with van der Waals surface area (Å²) >= 11 is 6.01. The molecular formula is C19H13ClF3NO. The molecule has 1 N–H and O–H groups in total. The highest BCUT2D eigenvalue weighted by Crippen LogP contribution is 2.39. The average molecular weight is 364 g/mol. The summed E-state index contributed by atoms with van der Waals surface area (Å²) in [6, 6.07) is 12.5. The molecule has 0 atom stereocenters. The molecule has 25 heavy (non-hydrogen) atoms. The van der Waals surface area contributed by atoms with Crippen molar-refractivity contribution in [3.8, 4) is 16.9 Å². The number of hydrogen-bond donors (Lipinski definition) is 1. The van der Waals surface area contributed by atoms with Crippen LogP contribution in [0.2, 0.25) is 5.02 Å². The van der Waals surface area contributed by atoms with Crippen molar-refractivity contribution < 1.29 is 18.3 Å². The molecule has 2 nitrogen and oxygen atoms in total. The molecule has 128 valence electrons. The summed E-state index contributed by atoms with van der Waals surface area (Å²) in [6.07, 6.45) is 0. The normalized spacial score (nSPS) is 10.8. The molecule has 0 bridgehead atoms. The molecule has 0 unspecified atom stereocenters. The molecule has 0 aliphatic heterocycles. The maximum absolute atomic E-state index is 14.3. The van der Waals surface area contributed by atoms with E-state index in [4.69, 9.17) is 11.6 Å². The quantitative estimate of drug-likeness (QED) is 0.626. The molecule has 0 saturated heterocycles. The number of hydrogen-bond acceptors (Lipinski definition) is 2. The van der Waals surface area contributed by atoms with Gasteiger partial charge in [0.25, 0.3) is 0 Å². The van der Waals surface area contributed by atoms with Crippen molar-refractivity contribution in [3.63, 3.8) is 0 Å². The number of aromatic hydroxyl groups is 1. The van der Waals surface area contributed by atoms with Crippen LogP contribution in [0.15, 0.2) is 54.6 Å². The zero-order valence-electron chi connectivity index (χ0n) is 13.1. The number of phenols is 1. The van der Waals surface area contributed by atoms with E-state index < -0.39 is 23.2 Å². The van der Waals surface area contributed by atoms with Crippen LogP contribution >= 0.6 is 11.6 Å². The van der Waals surface area contributed by atoms with E-state index >= 15 is 0 Å². The standard InChI is InChI=1S/C19H13ClF3NO/c1-24(19-14(20)6-8-17(25)18(19)23)16-10-12(5-7-15(16)22)11-3-2-4-13(21)9-11/h2-10,25H,1H3. The fourth-order valence-electron chi connectivity index (χ4n) is 2.58. The number of rotatable bonds is 3. The molecule has 0 aliphatic carbocycles. The molecule has 3 rings (SSSR count). The van der Waals surface area contributed by atoms with Gasteiger partial charge in [0.2, 0.25) is 0 Å². The first-order valence-corrected chi connectivity index (χ1v) is 7.72. The lowest BCUT2D eigenvalue weighted by atomic mass is 10.0. The lowest BCUT2D eigenvalue weighted by Crippen LogP contribution is -2.13. The summed E-state index contributed by atoms with van der Waals surface area (Å²) in [5.41, 5.74) is 0.988. The number of anilines is 2. The van der Waals surface area contributed by atoms with Gasteiger partial charge in [0.05, 0.1) is 16.4 Å². The van der Waals surface area contributed by atoms with Crippen LogP contribution in [0.5, 0.6) is 5.75 Å². The minimum absolute atomic E-state index is 0.0216. The highest BCUT2D eigenvalue weighted by Gasteiger charge is 2.20. The second kappa shape index (κ2) is 6.69. The van der Waals surface area contributed by atoms with E-state index in [9.17, 15) is 18.3 Å². The van der Waals surface area contributed by atoms with Gasteiger partial charge in [0.15, 0.2) is 11.6 Å². The zero-order valence-corrected chi connectivity index (χ0v) is 13.9. The first kappa shape index (κ1) is 17.2. The first-order valence-electron chi connectivity index (χ1n) is 7.34. The Morgan fingerprint density at radius 1 is 0.920 bits per heavy atom. The van der Waals surface area contributed by atoms with Crippen molar-refractivity contribution in [3.05, 3.63) is 77.1 Å². The Balaban J connectivity index is 2.12. The fourth-order valence-corrected chi connectivity index (χ4v) is 2.85. The predicted molar refractivity (Wildman–Crippen MR) is 92.9 cm³/mol. The van der Waals surface area contributed by atoms with Crippen molar-refractivity contribution >= 4 is 23.0 Å². The molecule has 0 radical (unpaired) electrons. The van der Waals surface area contributed by atoms with Crippen LogP contribution in [0.1, 0.15) is 0 Å². The number of halogens is 4. The van der Waals surface area contributed by atoms with Gasteiger partial charge in [-0.25, -0.2) is 13.2 Å². The average Bonchev–Trinajstić information content (AvgIpc) is 2.59. The fraction of sp³-hybridized carbons (Fsp3) is 0.0526. The van der Waals surface area contributed by atoms with E-state index in [0.29, 0.717) is 11.1 Å². The van der Waals surface area contributed by atoms with Crippen LogP contribution in [-0.2, 0) is 0 Å². The molecule has 0 heterocycles. The van der Waals surface area contributed by atoms with E-state index in [-0.39, 0.29) is 16.4 Å². The van der Waals surface area contributed by atoms with E-state index in [2.05, 4.69) is 0 Å². The van der Waals surface area contributed by atoms with E-state index in [0.717, 1.165) is 6.07 Å². The third kappa shape index (κ3) is 3.28. The van der Waals surface area contributed by atoms with Crippen LogP contribution in [0.3, 0.4) is 0 Å². The van der Waals surface area contributed by atoms with Gasteiger partial charge in [-0.1, -0.05) is 29.8 Å². The second-order valence-electron chi connectivity index (χ2n) is 5.46. The van der Waals surface area contributed by atoms with Gasteiger partial charge in [0.1, 0.15) is 11.6 Å². The molecule has 0 aromatic heterocycles. The molecule has 0 aliphatic rings. The highest BCUT2D eigenvalue weighted by molar-refractivity contribution is 6.33. The molecule has 0 spiro atoms. The van der Waals surface area contributed by atoms with Gasteiger partial charge in [-0.05, 0) is 47.5 Å². The smallest absolute Gasteiger partial charge is 0.189 e. The summed E-state index contributed by atoms with van der Waals surface area (Å²) < 4.78 is 42.0. The van der Waals surface area contributed by atoms with Gasteiger partial charge < -0.3 is 10.0 Å². The van der Waals surface area contributed by atoms with Crippen LogP contribution in [-0.4, -0.2) is 12.2 Å². The van der Waals surface area contributed by atoms with E-state index in [1.165, 1.54) is 48.3 Å². The maximum Gasteiger partial charge on any atom is 0.189 e. The minimum atomic E-state index is -0.953. The summed E-state index contributed by atoms with van der Waals surface area (Å²) in [6.45, 7) is 0. The Morgan fingerprint density at radius 2 is 1.64 bits per heavy atom. The zero-order chi connectivity index (χ0) is 18.1. The molecule has 6 heteroatoms. The summed E-state index contributed by atoms with van der Waals surface area (Å²) in [5.74, 6) is -2.57. The van der Waals surface area contributed by atoms with Crippen molar-refractivity contribution in [1.82, 2.24) is 0 Å². The summed E-state index contributed by atoms with van der Waals surface area (Å²) in [5, 5.41) is 9.58. The van der Waals surface area contributed by atoms with Crippen molar-refractivity contribution in [2.75, 3.05) is 11.9 Å². The van der Waals surface area contributed by atoms with E-state index in [1.54, 1.807) is 12.1 Å². The molecule has 0 saturated carbocycles. The Labute approximate surface area is 147 Å². The molecule has 0 fully saturated rings. The van der Waals surface area contributed by atoms with Crippen LogP contribution in [0.25, 0.3) is 11.1 Å². The summed E-state index contributed by atoms with van der Waals surface area (Å²) in [7, 11) is 1.43. The van der Waals surface area contributed by atoms with Crippen molar-refractivity contribution in [2.24, 2.45) is 0 Å². The number of nitrogens with zero attached hydrogens (tertiary/aromatic N) is 1. The van der Waals surface area contributed by atoms with Gasteiger partial charge in [-0.3, -0.25) is 0 Å². The SMILES string of the molecule is CN(c1cc(-c2cccc(F)c2)ccc1F)c1c(Cl)ccc(O)c1F. The largest absolute Gasteiger partial charge is 0.505 e. The third-order valence-corrected chi connectivity index (χ3v) is 4.15. The molecule has 3 aromatic rings. The van der Waals surface area contributed by atoms with Crippen molar-refractivity contribution in [2.45, 2.75) is 0 Å². The highest BCUT2D eigenvalue weighted by atomic mass is 35.5. The molecule has 0 amide bonds. The number of phenolic OH excluding ortho intramolecular Hbond substituents is 1. The third-order valence-electron chi connectivity index (χ3n) is 3.85. The first-order chi connectivity index (χ1) is 11.9. The maximum atomic E-state index is 14.3. The van der Waals surface area contributed by atoms with Crippen LogP contribution in [0, 0.1) is 17.5 Å². The van der Waals surface area contributed by atoms with Gasteiger partial charge in [-0.2, -0.15) is 0 Å². The van der Waals surface area contributed by atoms with Gasteiger partial charge in [0, 0.05) is 7.05 Å². The molecule has 3 aromatic carbocycles. The predicted octanol–water partition coefficient (Wildman–Crippen LogP) is 5.90. The Kier molecular flexibility index (Phi) is 4.59. The van der Waals surface area contributed by atoms with Gasteiger partial charge in [-0.15, -0.1) is 0 Å². The minimum Gasteiger partial charge on any atom is -0.505 e. The monoisotopic (exact) mass is 363 g/mol. The van der Waals surface area contributed by atoms with Gasteiger partial charge >= 0.3 is 0 Å². The molecular weight excluding hydrogens is 351 g/mol. The van der Waals surface area contributed by atoms with E-state index in [1.807, 2.05) is 0 Å². The Hall–Kier alpha value is -2.66. The van der Waals surface area contributed by atoms with Crippen LogP contribution < -0.4 is 4.90 Å². The topological polar surface area (TPSA) is 23.5 Å². The second-order valence-corrected chi connectivity index (χ2v) is 5.87. The van der Waals surface area contributed by atoms with Crippen molar-refractivity contribution in [1.29, 1.82) is 0 Å². The lowest BCUT2D eigenvalue weighted by molar-refractivity contribution is 0.433. The lowest BCUT2D eigenvalue weighted by Gasteiger charge is -2.23. The Bertz CT molecular complexity index is 946. The van der Waals surface area contributed by atoms with Crippen LogP contribution in [0.4, 0.5) is 24.5 Å².